The number of nitro groups is 1. The van der Waals surface area contributed by atoms with Crippen LogP contribution in [0.4, 0.5) is 5.69 Å². The molecule has 0 radical (unpaired) electrons. The van der Waals surface area contributed by atoms with Crippen molar-refractivity contribution in [3.05, 3.63) is 123 Å². The molecule has 0 aliphatic carbocycles. The Bertz CT molecular complexity index is 1520. The smallest absolute Gasteiger partial charge is 0.333 e. The molecule has 0 spiro atoms. The summed E-state index contributed by atoms with van der Waals surface area (Å²) in [6, 6.07) is 26.2. The third kappa shape index (κ3) is 7.95. The predicted molar refractivity (Wildman–Crippen MR) is 181 cm³/mol. The van der Waals surface area contributed by atoms with Crippen molar-refractivity contribution in [1.82, 2.24) is 10.2 Å². The third-order valence-corrected chi connectivity index (χ3v) is 8.73. The maximum Gasteiger partial charge on any atom is 0.333 e. The van der Waals surface area contributed by atoms with Gasteiger partial charge in [0.15, 0.2) is 0 Å². The van der Waals surface area contributed by atoms with Gasteiger partial charge < -0.3 is 15.1 Å². The van der Waals surface area contributed by atoms with Gasteiger partial charge in [-0.25, -0.2) is 4.79 Å². The van der Waals surface area contributed by atoms with Crippen molar-refractivity contribution in [2.45, 2.75) is 65.0 Å². The van der Waals surface area contributed by atoms with Gasteiger partial charge in [-0.2, -0.15) is 0 Å². The molecule has 0 bridgehead atoms. The monoisotopic (exact) mass is 649 g/mol. The van der Waals surface area contributed by atoms with Crippen molar-refractivity contribution in [2.24, 2.45) is 11.3 Å². The molecule has 3 aromatic rings. The summed E-state index contributed by atoms with van der Waals surface area (Å²) in [6.45, 7) is 10.4. The van der Waals surface area contributed by atoms with Gasteiger partial charge in [-0.05, 0) is 55.3 Å². The van der Waals surface area contributed by atoms with Crippen LogP contribution in [0.25, 0.3) is 0 Å². The molecular weight excluding hydrogens is 606 g/mol. The van der Waals surface area contributed by atoms with E-state index in [1.807, 2.05) is 69.0 Å². The quantitative estimate of drug-likeness (QED) is 0.105. The van der Waals surface area contributed by atoms with E-state index in [9.17, 15) is 29.9 Å². The number of aliphatic carboxylic acids is 2. The summed E-state index contributed by atoms with van der Waals surface area (Å²) in [5.74, 6) is -4.68. The number of carboxylic acid groups (broad SMARTS) is 2. The van der Waals surface area contributed by atoms with Gasteiger partial charge in [-0.3, -0.25) is 20.2 Å². The summed E-state index contributed by atoms with van der Waals surface area (Å²) in [7, 11) is 0. The van der Waals surface area contributed by atoms with Crippen molar-refractivity contribution in [3.8, 4) is 0 Å². The van der Waals surface area contributed by atoms with E-state index in [1.54, 1.807) is 13.0 Å². The summed E-state index contributed by atoms with van der Waals surface area (Å²) in [5, 5.41) is 36.5. The number of carboxylic acids is 2. The third-order valence-electron chi connectivity index (χ3n) is 8.73. The molecule has 4 rings (SSSR count). The van der Waals surface area contributed by atoms with Gasteiger partial charge in [0.25, 0.3) is 5.69 Å². The average Bonchev–Trinajstić information content (AvgIpc) is 2.99. The van der Waals surface area contributed by atoms with Crippen LogP contribution >= 0.6 is 12.4 Å². The minimum atomic E-state index is -1.27. The van der Waals surface area contributed by atoms with E-state index in [4.69, 9.17) is 0 Å². The fraction of sp³-hybridized carbons (Fsp3) is 0.389. The lowest BCUT2D eigenvalue weighted by atomic mass is 9.69. The highest BCUT2D eigenvalue weighted by Gasteiger charge is 2.55. The Balaban J connectivity index is 0.00000576. The second kappa shape index (κ2) is 14.9. The molecule has 3 N–H and O–H groups in total. The zero-order valence-corrected chi connectivity index (χ0v) is 27.8. The van der Waals surface area contributed by atoms with Crippen LogP contribution < -0.4 is 5.32 Å². The van der Waals surface area contributed by atoms with Gasteiger partial charge in [0.2, 0.25) is 0 Å². The SMILES string of the molecule is CC1=C(C(=O)O)C(c2cccc([N+](=O)[O-])c2)C(C(=O)O)C(C)(NCCCC(c2ccccc2)c2ccccc2)N1CC(C)(C)C.Cl. The largest absolute Gasteiger partial charge is 0.481 e. The molecule has 0 aromatic heterocycles. The van der Waals surface area contributed by atoms with Gasteiger partial charge >= 0.3 is 11.9 Å². The minimum Gasteiger partial charge on any atom is -0.481 e. The number of non-ortho nitro benzene ring substituents is 1. The number of rotatable bonds is 12. The first-order valence-corrected chi connectivity index (χ1v) is 15.3. The molecule has 3 unspecified atom stereocenters. The minimum absolute atomic E-state index is 0. The summed E-state index contributed by atoms with van der Waals surface area (Å²) >= 11 is 0. The normalized spacial score (nSPS) is 19.9. The molecule has 0 fully saturated rings. The molecule has 3 atom stereocenters. The molecule has 1 aliphatic rings. The average molecular weight is 650 g/mol. The van der Waals surface area contributed by atoms with Crippen LogP contribution in [0.5, 0.6) is 0 Å². The summed E-state index contributed by atoms with van der Waals surface area (Å²) in [4.78, 5) is 39.1. The molecule has 1 heterocycles. The first kappa shape index (κ1) is 36.3. The number of allylic oxidation sites excluding steroid dienone is 1. The number of halogens is 1. The molecule has 9 nitrogen and oxygen atoms in total. The van der Waals surface area contributed by atoms with Crippen LogP contribution in [0, 0.1) is 21.4 Å². The van der Waals surface area contributed by atoms with Gasteiger partial charge in [0.1, 0.15) is 11.6 Å². The van der Waals surface area contributed by atoms with Crippen LogP contribution in [0.15, 0.2) is 96.2 Å². The molecule has 1 aliphatic heterocycles. The van der Waals surface area contributed by atoms with E-state index in [1.165, 1.54) is 29.3 Å². The molecule has 46 heavy (non-hydrogen) atoms. The Morgan fingerprint density at radius 3 is 2.02 bits per heavy atom. The summed E-state index contributed by atoms with van der Waals surface area (Å²) < 4.78 is 0. The van der Waals surface area contributed by atoms with E-state index < -0.39 is 34.4 Å². The maximum atomic E-state index is 13.3. The van der Waals surface area contributed by atoms with Crippen LogP contribution in [0.3, 0.4) is 0 Å². The van der Waals surface area contributed by atoms with Crippen LogP contribution in [0.2, 0.25) is 0 Å². The number of carbonyl (C=O) groups is 2. The van der Waals surface area contributed by atoms with Gasteiger partial charge in [0, 0.05) is 36.2 Å². The lowest BCUT2D eigenvalue weighted by Gasteiger charge is -2.55. The number of benzene rings is 3. The van der Waals surface area contributed by atoms with E-state index in [2.05, 4.69) is 29.6 Å². The second-order valence-electron chi connectivity index (χ2n) is 13.2. The van der Waals surface area contributed by atoms with Crippen molar-refractivity contribution in [1.29, 1.82) is 0 Å². The van der Waals surface area contributed by atoms with Crippen molar-refractivity contribution in [2.75, 3.05) is 13.1 Å². The molecule has 246 valence electrons. The van der Waals surface area contributed by atoms with Crippen LogP contribution in [-0.2, 0) is 9.59 Å². The zero-order chi connectivity index (χ0) is 32.9. The Labute approximate surface area is 276 Å². The van der Waals surface area contributed by atoms with Crippen molar-refractivity contribution < 1.29 is 24.7 Å². The van der Waals surface area contributed by atoms with E-state index in [0.717, 1.165) is 12.8 Å². The van der Waals surface area contributed by atoms with E-state index in [-0.39, 0.29) is 40.6 Å². The van der Waals surface area contributed by atoms with Gasteiger partial charge in [-0.1, -0.05) is 93.6 Å². The van der Waals surface area contributed by atoms with E-state index >= 15 is 0 Å². The number of nitrogens with one attached hydrogen (secondary N) is 1. The van der Waals surface area contributed by atoms with Crippen LogP contribution in [-0.4, -0.2) is 50.7 Å². The fourth-order valence-electron chi connectivity index (χ4n) is 6.75. The summed E-state index contributed by atoms with van der Waals surface area (Å²) in [6.07, 6.45) is 1.52. The topological polar surface area (TPSA) is 133 Å². The van der Waals surface area contributed by atoms with Crippen LogP contribution in [0.1, 0.15) is 76.0 Å². The molecule has 0 saturated carbocycles. The van der Waals surface area contributed by atoms with E-state index in [0.29, 0.717) is 18.8 Å². The Kier molecular flexibility index (Phi) is 11.8. The van der Waals surface area contributed by atoms with Gasteiger partial charge in [-0.15, -0.1) is 12.4 Å². The molecule has 10 heteroatoms. The molecular formula is C36H44ClN3O6. The Morgan fingerprint density at radius 2 is 1.54 bits per heavy atom. The zero-order valence-electron chi connectivity index (χ0n) is 27.0. The lowest BCUT2D eigenvalue weighted by molar-refractivity contribution is -0.384. The first-order chi connectivity index (χ1) is 21.2. The van der Waals surface area contributed by atoms with Crippen molar-refractivity contribution in [3.63, 3.8) is 0 Å². The van der Waals surface area contributed by atoms with Gasteiger partial charge in [0.05, 0.1) is 10.5 Å². The second-order valence-corrected chi connectivity index (χ2v) is 13.2. The number of hydrogen-bond donors (Lipinski definition) is 3. The highest BCUT2D eigenvalue weighted by atomic mass is 35.5. The van der Waals surface area contributed by atoms with Crippen molar-refractivity contribution >= 4 is 30.0 Å². The first-order valence-electron chi connectivity index (χ1n) is 15.3. The highest BCUT2D eigenvalue weighted by Crippen LogP contribution is 2.48. The molecule has 3 aromatic carbocycles. The molecule has 0 amide bonds. The maximum absolute atomic E-state index is 13.3. The fourth-order valence-corrected chi connectivity index (χ4v) is 6.75. The Hall–Kier alpha value is -4.21. The predicted octanol–water partition coefficient (Wildman–Crippen LogP) is 7.44. The standard InChI is InChI=1S/C36H43N3O6.ClH/c1-24-30(33(40)41)31(27-18-12-19-28(22-27)39(44)45)32(34(42)43)36(5,38(24)23-35(2,3)4)37-21-13-20-29(25-14-8-6-9-15-25)26-16-10-7-11-17-26;/h6-12,14-19,22,29,31-32,37H,13,20-21,23H2,1-5H3,(H,40,41)(H,42,43);1H. The number of nitrogens with zero attached hydrogens (tertiary/aromatic N) is 2. The lowest BCUT2D eigenvalue weighted by Crippen LogP contribution is -2.67. The summed E-state index contributed by atoms with van der Waals surface area (Å²) in [5.41, 5.74) is 1.30. The number of nitro benzene ring substituents is 1. The highest BCUT2D eigenvalue weighted by molar-refractivity contribution is 5.92. The molecule has 0 saturated heterocycles. The Morgan fingerprint density at radius 1 is 0.978 bits per heavy atom. The number of hydrogen-bond acceptors (Lipinski definition) is 6.